The van der Waals surface area contributed by atoms with Gasteiger partial charge in [-0.05, 0) is 93.7 Å². The highest BCUT2D eigenvalue weighted by Crippen LogP contribution is 2.51. The highest BCUT2D eigenvalue weighted by Gasteiger charge is 2.27. The molecule has 0 unspecified atom stereocenters. The molecule has 4 nitrogen and oxygen atoms in total. The van der Waals surface area contributed by atoms with Crippen molar-refractivity contribution in [2.75, 3.05) is 9.80 Å². The van der Waals surface area contributed by atoms with E-state index in [1.54, 1.807) is 0 Å². The number of para-hydroxylation sites is 6. The maximum Gasteiger partial charge on any atom is 0.159 e. The maximum atomic E-state index is 6.73. The maximum absolute atomic E-state index is 6.73. The van der Waals surface area contributed by atoms with Crippen molar-refractivity contribution in [2.45, 2.75) is 19.8 Å². The topological polar surface area (TPSA) is 32.8 Å². The van der Waals surface area contributed by atoms with E-state index in [0.29, 0.717) is 0 Å². The van der Waals surface area contributed by atoms with Crippen LogP contribution in [0.3, 0.4) is 0 Å². The lowest BCUT2D eigenvalue weighted by Gasteiger charge is -2.30. The Morgan fingerprint density at radius 3 is 1.42 bits per heavy atom. The minimum absolute atomic E-state index is 0.268. The van der Waals surface area contributed by atoms with Gasteiger partial charge in [0.05, 0.1) is 22.7 Å². The number of furan rings is 2. The molecular formula is C55H38N2O2. The van der Waals surface area contributed by atoms with E-state index < -0.39 is 0 Å². The van der Waals surface area contributed by atoms with Crippen LogP contribution in [-0.4, -0.2) is 0 Å². The number of nitrogens with zero attached hydrogens (tertiary/aromatic N) is 2. The normalized spacial score (nSPS) is 12.1. The van der Waals surface area contributed by atoms with Gasteiger partial charge in [-0.15, -0.1) is 0 Å². The standard InChI is InChI=1S/C55H38N2O2/c1-34(2)45-33-49(57(37-17-7-4-8-18-37)48-24-14-22-42-39-20-10-12-26-51(39)59-55(42)48)44-29-27-35-28-32-46(43-31-30-40(45)53(44)52(35)43)56(36-15-5-3-6-16-36)47-23-13-21-41-38-19-9-11-25-50(38)58-54(41)47/h3-34H,1-2H3. The van der Waals surface area contributed by atoms with Gasteiger partial charge in [0.1, 0.15) is 11.2 Å². The third-order valence-electron chi connectivity index (χ3n) is 12.2. The van der Waals surface area contributed by atoms with Crippen LogP contribution in [-0.2, 0) is 0 Å². The van der Waals surface area contributed by atoms with Crippen molar-refractivity contribution in [3.63, 3.8) is 0 Å². The lowest BCUT2D eigenvalue weighted by Crippen LogP contribution is -2.12. The number of hydrogen-bond acceptors (Lipinski definition) is 4. The molecular weight excluding hydrogens is 721 g/mol. The predicted molar refractivity (Wildman–Crippen MR) is 248 cm³/mol. The zero-order valence-electron chi connectivity index (χ0n) is 32.7. The molecule has 0 aliphatic rings. The third-order valence-corrected chi connectivity index (χ3v) is 12.2. The summed E-state index contributed by atoms with van der Waals surface area (Å²) >= 11 is 0. The van der Waals surface area contributed by atoms with Crippen molar-refractivity contribution in [3.05, 3.63) is 194 Å². The van der Waals surface area contributed by atoms with Crippen LogP contribution in [0.4, 0.5) is 34.1 Å². The quantitative estimate of drug-likeness (QED) is 0.152. The first-order valence-electron chi connectivity index (χ1n) is 20.4. The van der Waals surface area contributed by atoms with Gasteiger partial charge in [0.25, 0.3) is 0 Å². The molecule has 12 aromatic rings. The molecule has 59 heavy (non-hydrogen) atoms. The molecule has 0 spiro atoms. The van der Waals surface area contributed by atoms with E-state index in [-0.39, 0.29) is 5.92 Å². The van der Waals surface area contributed by atoms with E-state index in [4.69, 9.17) is 8.83 Å². The molecule has 2 heterocycles. The zero-order chi connectivity index (χ0) is 39.2. The lowest BCUT2D eigenvalue weighted by atomic mass is 9.86. The van der Waals surface area contributed by atoms with Gasteiger partial charge in [-0.2, -0.15) is 0 Å². The Labute approximate surface area is 341 Å². The Balaban J connectivity index is 1.17. The second kappa shape index (κ2) is 13.0. The minimum atomic E-state index is 0.268. The summed E-state index contributed by atoms with van der Waals surface area (Å²) in [6.45, 7) is 4.61. The van der Waals surface area contributed by atoms with Crippen molar-refractivity contribution in [2.24, 2.45) is 0 Å². The van der Waals surface area contributed by atoms with Crippen LogP contribution < -0.4 is 9.80 Å². The van der Waals surface area contributed by atoms with Gasteiger partial charge in [0, 0.05) is 43.7 Å². The van der Waals surface area contributed by atoms with E-state index in [1.165, 1.54) is 37.9 Å². The molecule has 0 atom stereocenters. The van der Waals surface area contributed by atoms with Gasteiger partial charge < -0.3 is 18.6 Å². The molecule has 0 saturated carbocycles. The second-order valence-corrected chi connectivity index (χ2v) is 15.8. The van der Waals surface area contributed by atoms with E-state index in [1.807, 2.05) is 12.1 Å². The largest absolute Gasteiger partial charge is 0.454 e. The smallest absolute Gasteiger partial charge is 0.159 e. The summed E-state index contributed by atoms with van der Waals surface area (Å²) in [5, 5.41) is 11.8. The van der Waals surface area contributed by atoms with Gasteiger partial charge in [-0.1, -0.05) is 141 Å². The van der Waals surface area contributed by atoms with E-state index in [9.17, 15) is 0 Å². The van der Waals surface area contributed by atoms with Gasteiger partial charge in [-0.3, -0.25) is 0 Å². The molecule has 280 valence electrons. The van der Waals surface area contributed by atoms with Crippen LogP contribution >= 0.6 is 0 Å². The van der Waals surface area contributed by atoms with Crippen LogP contribution in [0.2, 0.25) is 0 Å². The Hall–Kier alpha value is -7.56. The molecule has 0 N–H and O–H groups in total. The number of hydrogen-bond donors (Lipinski definition) is 0. The third kappa shape index (κ3) is 5.03. The Morgan fingerprint density at radius 1 is 0.356 bits per heavy atom. The van der Waals surface area contributed by atoms with Crippen molar-refractivity contribution in [1.82, 2.24) is 0 Å². The molecule has 0 aliphatic carbocycles. The summed E-state index contributed by atoms with van der Waals surface area (Å²) in [6.07, 6.45) is 0. The monoisotopic (exact) mass is 758 g/mol. The molecule has 0 amide bonds. The fraction of sp³-hybridized carbons (Fsp3) is 0.0545. The minimum Gasteiger partial charge on any atom is -0.454 e. The summed E-state index contributed by atoms with van der Waals surface area (Å²) in [7, 11) is 0. The first kappa shape index (κ1) is 33.6. The van der Waals surface area contributed by atoms with Crippen LogP contribution in [0.1, 0.15) is 25.3 Å². The SMILES string of the molecule is CC(C)c1cc(N(c2ccccc2)c2cccc3c2oc2ccccc23)c2ccc3ccc(N(c4ccccc4)c4cccc5c4oc4ccccc45)c4ccc1c2c34. The first-order valence-corrected chi connectivity index (χ1v) is 20.4. The number of fused-ring (bicyclic) bond motifs is 6. The van der Waals surface area contributed by atoms with E-state index >= 15 is 0 Å². The van der Waals surface area contributed by atoms with Crippen molar-refractivity contribution in [3.8, 4) is 0 Å². The fourth-order valence-corrected chi connectivity index (χ4v) is 9.53. The van der Waals surface area contributed by atoms with Gasteiger partial charge in [0.2, 0.25) is 0 Å². The Morgan fingerprint density at radius 2 is 0.831 bits per heavy atom. The molecule has 4 heteroatoms. The molecule has 0 saturated heterocycles. The predicted octanol–water partition coefficient (Wildman–Crippen LogP) is 16.4. The van der Waals surface area contributed by atoms with Crippen LogP contribution in [0, 0.1) is 0 Å². The molecule has 10 aromatic carbocycles. The van der Waals surface area contributed by atoms with Crippen molar-refractivity contribution in [1.29, 1.82) is 0 Å². The molecule has 0 aliphatic heterocycles. The highest BCUT2D eigenvalue weighted by molar-refractivity contribution is 6.29. The van der Waals surface area contributed by atoms with Crippen molar-refractivity contribution < 1.29 is 8.83 Å². The average molecular weight is 759 g/mol. The van der Waals surface area contributed by atoms with Crippen LogP contribution in [0.15, 0.2) is 197 Å². The summed E-state index contributed by atoms with van der Waals surface area (Å²) in [5.74, 6) is 0.268. The van der Waals surface area contributed by atoms with Gasteiger partial charge in [0.15, 0.2) is 11.2 Å². The number of rotatable bonds is 7. The zero-order valence-corrected chi connectivity index (χ0v) is 32.7. The summed E-state index contributed by atoms with van der Waals surface area (Å²) < 4.78 is 13.4. The highest BCUT2D eigenvalue weighted by atomic mass is 16.3. The Kier molecular flexibility index (Phi) is 7.39. The molecule has 0 bridgehead atoms. The van der Waals surface area contributed by atoms with E-state index in [2.05, 4.69) is 200 Å². The average Bonchev–Trinajstić information content (AvgIpc) is 3.87. The summed E-state index contributed by atoms with van der Waals surface area (Å²) in [4.78, 5) is 4.78. The molecule has 0 fully saturated rings. The number of anilines is 6. The van der Waals surface area contributed by atoms with E-state index in [0.717, 1.165) is 78.0 Å². The Bertz CT molecular complexity index is 3550. The molecule has 0 radical (unpaired) electrons. The molecule has 2 aromatic heterocycles. The van der Waals surface area contributed by atoms with Gasteiger partial charge >= 0.3 is 0 Å². The first-order chi connectivity index (χ1) is 29.1. The number of benzene rings is 10. The lowest BCUT2D eigenvalue weighted by molar-refractivity contribution is 0.669. The van der Waals surface area contributed by atoms with Gasteiger partial charge in [-0.25, -0.2) is 0 Å². The summed E-state index contributed by atoms with van der Waals surface area (Å²) in [5.41, 5.74) is 11.2. The van der Waals surface area contributed by atoms with Crippen molar-refractivity contribution >= 4 is 110 Å². The van der Waals surface area contributed by atoms with Crippen LogP contribution in [0.5, 0.6) is 0 Å². The van der Waals surface area contributed by atoms with Crippen LogP contribution in [0.25, 0.3) is 76.2 Å². The fourth-order valence-electron chi connectivity index (χ4n) is 9.53. The summed E-state index contributed by atoms with van der Waals surface area (Å²) in [6, 6.07) is 67.3. The second-order valence-electron chi connectivity index (χ2n) is 15.8. The molecule has 12 rings (SSSR count).